The molecule has 1 rings (SSSR count). The summed E-state index contributed by atoms with van der Waals surface area (Å²) in [5.41, 5.74) is 2.89. The summed E-state index contributed by atoms with van der Waals surface area (Å²) in [6, 6.07) is 3.97. The van der Waals surface area contributed by atoms with E-state index < -0.39 is 0 Å². The SMILES string of the molecule is CC(C)N(C)CCCCNC(=O)c1cccnc1NN. The Kier molecular flexibility index (Phi) is 6.97. The minimum Gasteiger partial charge on any atom is -0.352 e. The molecule has 0 fully saturated rings. The molecule has 4 N–H and O–H groups in total. The van der Waals surface area contributed by atoms with E-state index in [2.05, 4.69) is 41.5 Å². The molecule has 0 radical (unpaired) electrons. The van der Waals surface area contributed by atoms with Gasteiger partial charge in [0.2, 0.25) is 0 Å². The van der Waals surface area contributed by atoms with Crippen molar-refractivity contribution in [1.82, 2.24) is 15.2 Å². The standard InChI is InChI=1S/C14H25N5O/c1-11(2)19(3)10-5-4-8-17-14(20)12-7-6-9-16-13(12)18-15/h6-7,9,11H,4-5,8,10,15H2,1-3H3,(H,16,18)(H,17,20). The first-order valence-electron chi connectivity index (χ1n) is 6.96. The fourth-order valence-electron chi connectivity index (χ4n) is 1.75. The van der Waals surface area contributed by atoms with Crippen molar-refractivity contribution in [2.24, 2.45) is 5.84 Å². The first-order chi connectivity index (χ1) is 9.56. The van der Waals surface area contributed by atoms with Gasteiger partial charge in [-0.3, -0.25) is 4.79 Å². The maximum atomic E-state index is 12.0. The van der Waals surface area contributed by atoms with E-state index in [1.54, 1.807) is 18.3 Å². The highest BCUT2D eigenvalue weighted by atomic mass is 16.1. The van der Waals surface area contributed by atoms with Gasteiger partial charge in [-0.25, -0.2) is 10.8 Å². The van der Waals surface area contributed by atoms with E-state index in [0.29, 0.717) is 24.0 Å². The van der Waals surface area contributed by atoms with Gasteiger partial charge >= 0.3 is 0 Å². The van der Waals surface area contributed by atoms with Crippen LogP contribution in [0.25, 0.3) is 0 Å². The summed E-state index contributed by atoms with van der Waals surface area (Å²) in [5, 5.41) is 2.88. The molecule has 6 nitrogen and oxygen atoms in total. The Balaban J connectivity index is 2.30. The van der Waals surface area contributed by atoms with Crippen LogP contribution in [0.5, 0.6) is 0 Å². The fraction of sp³-hybridized carbons (Fsp3) is 0.571. The molecule has 0 saturated carbocycles. The molecule has 20 heavy (non-hydrogen) atoms. The van der Waals surface area contributed by atoms with Crippen molar-refractivity contribution < 1.29 is 4.79 Å². The van der Waals surface area contributed by atoms with Crippen LogP contribution < -0.4 is 16.6 Å². The second-order valence-corrected chi connectivity index (χ2v) is 5.08. The number of anilines is 1. The fourth-order valence-corrected chi connectivity index (χ4v) is 1.75. The molecule has 0 aliphatic carbocycles. The molecule has 1 amide bonds. The van der Waals surface area contributed by atoms with Gasteiger partial charge < -0.3 is 15.6 Å². The molecule has 112 valence electrons. The number of carbonyl (C=O) groups excluding carboxylic acids is 1. The van der Waals surface area contributed by atoms with Crippen molar-refractivity contribution in [2.75, 3.05) is 25.6 Å². The average Bonchev–Trinajstić information content (AvgIpc) is 2.46. The number of hydrogen-bond acceptors (Lipinski definition) is 5. The largest absolute Gasteiger partial charge is 0.352 e. The van der Waals surface area contributed by atoms with E-state index in [9.17, 15) is 4.79 Å². The van der Waals surface area contributed by atoms with Crippen molar-refractivity contribution in [1.29, 1.82) is 0 Å². The van der Waals surface area contributed by atoms with E-state index in [-0.39, 0.29) is 5.91 Å². The number of unbranched alkanes of at least 4 members (excludes halogenated alkanes) is 1. The third-order valence-corrected chi connectivity index (χ3v) is 3.29. The number of hydrazine groups is 1. The molecular weight excluding hydrogens is 254 g/mol. The topological polar surface area (TPSA) is 83.3 Å². The Bertz CT molecular complexity index is 422. The smallest absolute Gasteiger partial charge is 0.255 e. The highest BCUT2D eigenvalue weighted by Gasteiger charge is 2.10. The van der Waals surface area contributed by atoms with Crippen LogP contribution in [0.1, 0.15) is 37.0 Å². The van der Waals surface area contributed by atoms with Gasteiger partial charge in [-0.2, -0.15) is 0 Å². The van der Waals surface area contributed by atoms with Gasteiger partial charge in [0.15, 0.2) is 5.82 Å². The zero-order chi connectivity index (χ0) is 15.0. The van der Waals surface area contributed by atoms with E-state index >= 15 is 0 Å². The second kappa shape index (κ2) is 8.50. The summed E-state index contributed by atoms with van der Waals surface area (Å²) in [4.78, 5) is 18.3. The molecule has 1 aromatic heterocycles. The number of rotatable bonds is 8. The number of nitrogens with one attached hydrogen (secondary N) is 2. The lowest BCUT2D eigenvalue weighted by atomic mass is 10.2. The number of hydrogen-bond donors (Lipinski definition) is 3. The van der Waals surface area contributed by atoms with E-state index in [0.717, 1.165) is 19.4 Å². The van der Waals surface area contributed by atoms with Crippen molar-refractivity contribution >= 4 is 11.7 Å². The number of amides is 1. The summed E-state index contributed by atoms with van der Waals surface area (Å²) in [5.74, 6) is 5.57. The van der Waals surface area contributed by atoms with Crippen molar-refractivity contribution in [2.45, 2.75) is 32.7 Å². The Morgan fingerprint density at radius 1 is 1.45 bits per heavy atom. The molecule has 0 unspecified atom stereocenters. The first kappa shape index (κ1) is 16.4. The normalized spacial score (nSPS) is 10.9. The molecular formula is C14H25N5O. The minimum atomic E-state index is -0.150. The molecule has 1 heterocycles. The highest BCUT2D eigenvalue weighted by molar-refractivity contribution is 5.98. The summed E-state index contributed by atoms with van der Waals surface area (Å²) in [6.45, 7) is 6.04. The number of pyridine rings is 1. The average molecular weight is 279 g/mol. The zero-order valence-corrected chi connectivity index (χ0v) is 12.5. The summed E-state index contributed by atoms with van der Waals surface area (Å²) in [7, 11) is 2.11. The number of carbonyl (C=O) groups is 1. The van der Waals surface area contributed by atoms with Crippen LogP contribution in [0.3, 0.4) is 0 Å². The van der Waals surface area contributed by atoms with E-state index in [1.807, 2.05) is 0 Å². The van der Waals surface area contributed by atoms with E-state index in [4.69, 9.17) is 5.84 Å². The number of aromatic nitrogens is 1. The third-order valence-electron chi connectivity index (χ3n) is 3.29. The van der Waals surface area contributed by atoms with Gasteiger partial charge in [-0.15, -0.1) is 0 Å². The van der Waals surface area contributed by atoms with Gasteiger partial charge in [0.05, 0.1) is 5.56 Å². The number of nitrogens with two attached hydrogens (primary N) is 1. The summed E-state index contributed by atoms with van der Waals surface area (Å²) >= 11 is 0. The van der Waals surface area contributed by atoms with Crippen molar-refractivity contribution in [3.63, 3.8) is 0 Å². The lowest BCUT2D eigenvalue weighted by Crippen LogP contribution is -2.29. The molecule has 1 aromatic rings. The van der Waals surface area contributed by atoms with Crippen LogP contribution >= 0.6 is 0 Å². The van der Waals surface area contributed by atoms with Crippen LogP contribution in [0.15, 0.2) is 18.3 Å². The summed E-state index contributed by atoms with van der Waals surface area (Å²) < 4.78 is 0. The van der Waals surface area contributed by atoms with Crippen LogP contribution in [-0.2, 0) is 0 Å². The molecule has 0 spiro atoms. The maximum absolute atomic E-state index is 12.0. The predicted octanol–water partition coefficient (Wildman–Crippen LogP) is 1.22. The Hall–Kier alpha value is -1.66. The zero-order valence-electron chi connectivity index (χ0n) is 12.5. The predicted molar refractivity (Wildman–Crippen MR) is 81.4 cm³/mol. The quantitative estimate of drug-likeness (QED) is 0.378. The Labute approximate surface area is 120 Å². The molecule has 0 aliphatic heterocycles. The molecule has 0 bridgehead atoms. The Morgan fingerprint density at radius 2 is 2.20 bits per heavy atom. The van der Waals surface area contributed by atoms with Gasteiger partial charge in [-0.05, 0) is 52.4 Å². The van der Waals surface area contributed by atoms with Crippen molar-refractivity contribution in [3.05, 3.63) is 23.9 Å². The van der Waals surface area contributed by atoms with Crippen LogP contribution in [0.4, 0.5) is 5.82 Å². The summed E-state index contributed by atoms with van der Waals surface area (Å²) in [6.07, 6.45) is 3.60. The number of nitrogens with zero attached hydrogens (tertiary/aromatic N) is 2. The minimum absolute atomic E-state index is 0.150. The molecule has 0 atom stereocenters. The molecule has 0 aromatic carbocycles. The molecule has 6 heteroatoms. The van der Waals surface area contributed by atoms with Crippen LogP contribution in [0, 0.1) is 0 Å². The van der Waals surface area contributed by atoms with E-state index in [1.165, 1.54) is 0 Å². The third kappa shape index (κ3) is 5.14. The maximum Gasteiger partial charge on any atom is 0.255 e. The lowest BCUT2D eigenvalue weighted by Gasteiger charge is -2.20. The van der Waals surface area contributed by atoms with Crippen LogP contribution in [0.2, 0.25) is 0 Å². The lowest BCUT2D eigenvalue weighted by molar-refractivity contribution is 0.0953. The highest BCUT2D eigenvalue weighted by Crippen LogP contribution is 2.09. The monoisotopic (exact) mass is 279 g/mol. The first-order valence-corrected chi connectivity index (χ1v) is 6.96. The van der Waals surface area contributed by atoms with Gasteiger partial charge in [0, 0.05) is 18.8 Å². The molecule has 0 aliphatic rings. The van der Waals surface area contributed by atoms with Gasteiger partial charge in [0.25, 0.3) is 5.91 Å². The van der Waals surface area contributed by atoms with Gasteiger partial charge in [-0.1, -0.05) is 0 Å². The van der Waals surface area contributed by atoms with Crippen LogP contribution in [-0.4, -0.2) is 42.0 Å². The second-order valence-electron chi connectivity index (χ2n) is 5.08. The van der Waals surface area contributed by atoms with Gasteiger partial charge in [0.1, 0.15) is 0 Å². The van der Waals surface area contributed by atoms with Crippen molar-refractivity contribution in [3.8, 4) is 0 Å². The number of nitrogen functional groups attached to an aromatic ring is 1. The Morgan fingerprint density at radius 3 is 2.85 bits per heavy atom. The molecule has 0 saturated heterocycles.